The molecular formula is C4H7NO2. The molecule has 0 saturated heterocycles. The second-order valence-corrected chi connectivity index (χ2v) is 0.500. The molecular weight excluding hydrogens is 94.0 g/mol. The smallest absolute Gasteiger partial charge is 0.290 e. The van der Waals surface area contributed by atoms with Gasteiger partial charge in [0.25, 0.3) is 6.47 Å². The van der Waals surface area contributed by atoms with E-state index in [2.05, 4.69) is 17.7 Å². The standard InChI is InChI=1S/C3H5N.CH2O2/c1-2-3-4;2-1-3/h4H2,1H3;1H,(H,2,3). The number of nitrogens with two attached hydrogens (primary N) is 1. The first-order valence-corrected chi connectivity index (χ1v) is 1.53. The lowest BCUT2D eigenvalue weighted by atomic mass is 10.8. The van der Waals surface area contributed by atoms with Crippen LogP contribution in [0.4, 0.5) is 0 Å². The summed E-state index contributed by atoms with van der Waals surface area (Å²) < 4.78 is 0. The molecule has 0 aromatic rings. The quantitative estimate of drug-likeness (QED) is 0.248. The third-order valence-electron chi connectivity index (χ3n) is 0.144. The Balaban J connectivity index is 0. The highest BCUT2D eigenvalue weighted by Gasteiger charge is 1.25. The van der Waals surface area contributed by atoms with Gasteiger partial charge in [0.15, 0.2) is 0 Å². The van der Waals surface area contributed by atoms with E-state index >= 15 is 0 Å². The van der Waals surface area contributed by atoms with Crippen molar-refractivity contribution in [2.75, 3.05) is 0 Å². The Morgan fingerprint density at radius 1 is 1.86 bits per heavy atom. The van der Waals surface area contributed by atoms with E-state index in [1.807, 2.05) is 0 Å². The molecule has 40 valence electrons. The van der Waals surface area contributed by atoms with Gasteiger partial charge in [-0.2, -0.15) is 0 Å². The zero-order valence-corrected chi connectivity index (χ0v) is 4.01. The molecule has 0 radical (unpaired) electrons. The van der Waals surface area contributed by atoms with E-state index in [1.54, 1.807) is 6.92 Å². The SMILES string of the molecule is CC#CN.O=CO. The van der Waals surface area contributed by atoms with Gasteiger partial charge < -0.3 is 10.8 Å². The van der Waals surface area contributed by atoms with Gasteiger partial charge >= 0.3 is 0 Å². The Bertz CT molecular complexity index is 73.4. The maximum atomic E-state index is 8.36. The molecule has 3 N–H and O–H groups in total. The molecule has 0 fully saturated rings. The molecule has 0 rings (SSSR count). The normalized spacial score (nSPS) is 3.57. The first-order chi connectivity index (χ1) is 3.33. The van der Waals surface area contributed by atoms with Crippen LogP contribution in [0.25, 0.3) is 0 Å². The van der Waals surface area contributed by atoms with Crippen LogP contribution in [0.5, 0.6) is 0 Å². The summed E-state index contributed by atoms with van der Waals surface area (Å²) in [5.74, 6) is 2.46. The van der Waals surface area contributed by atoms with Gasteiger partial charge in [0, 0.05) is 6.04 Å². The number of rotatable bonds is 0. The minimum absolute atomic E-state index is 0.250. The molecule has 3 heteroatoms. The zero-order chi connectivity index (χ0) is 6.12. The van der Waals surface area contributed by atoms with Gasteiger partial charge in [0.2, 0.25) is 0 Å². The molecule has 0 atom stereocenters. The fourth-order valence-corrected chi connectivity index (χ4v) is 0. The molecule has 0 unspecified atom stereocenters. The Morgan fingerprint density at radius 2 is 2.00 bits per heavy atom. The van der Waals surface area contributed by atoms with Crippen LogP contribution < -0.4 is 5.73 Å². The lowest BCUT2D eigenvalue weighted by Crippen LogP contribution is -1.72. The molecule has 0 saturated carbocycles. The largest absolute Gasteiger partial charge is 0.483 e. The Labute approximate surface area is 42.1 Å². The predicted molar refractivity (Wildman–Crippen MR) is 26.3 cm³/mol. The summed E-state index contributed by atoms with van der Waals surface area (Å²) in [7, 11) is 0. The fourth-order valence-electron chi connectivity index (χ4n) is 0. The number of carbonyl (C=O) groups is 1. The van der Waals surface area contributed by atoms with Crippen molar-refractivity contribution in [1.29, 1.82) is 0 Å². The van der Waals surface area contributed by atoms with Crippen LogP contribution in [-0.4, -0.2) is 11.6 Å². The predicted octanol–water partition coefficient (Wildman–Crippen LogP) is -0.373. The molecule has 0 aliphatic heterocycles. The summed E-state index contributed by atoms with van der Waals surface area (Å²) in [5, 5.41) is 6.89. The number of carboxylic acid groups (broad SMARTS) is 1. The van der Waals surface area contributed by atoms with Crippen molar-refractivity contribution in [3.63, 3.8) is 0 Å². The van der Waals surface area contributed by atoms with Crippen LogP contribution >= 0.6 is 0 Å². The zero-order valence-electron chi connectivity index (χ0n) is 4.01. The molecule has 0 amide bonds. The van der Waals surface area contributed by atoms with Crippen molar-refractivity contribution in [3.05, 3.63) is 0 Å². The van der Waals surface area contributed by atoms with Crippen LogP contribution in [0.3, 0.4) is 0 Å². The monoisotopic (exact) mass is 101 g/mol. The summed E-state index contributed by atoms with van der Waals surface area (Å²) in [6.07, 6.45) is 0. The Hall–Kier alpha value is -1.17. The topological polar surface area (TPSA) is 63.3 Å². The van der Waals surface area contributed by atoms with Gasteiger partial charge in [0.05, 0.1) is 0 Å². The Kier molecular flexibility index (Phi) is 28.0. The van der Waals surface area contributed by atoms with Crippen molar-refractivity contribution >= 4 is 6.47 Å². The Morgan fingerprint density at radius 3 is 2.00 bits per heavy atom. The van der Waals surface area contributed by atoms with E-state index in [1.165, 1.54) is 0 Å². The lowest BCUT2D eigenvalue weighted by Gasteiger charge is -1.44. The molecule has 0 aromatic carbocycles. The van der Waals surface area contributed by atoms with Gasteiger partial charge in [-0.15, -0.1) is 0 Å². The first-order valence-electron chi connectivity index (χ1n) is 1.53. The van der Waals surface area contributed by atoms with Crippen LogP contribution in [0.1, 0.15) is 6.92 Å². The maximum Gasteiger partial charge on any atom is 0.290 e. The van der Waals surface area contributed by atoms with E-state index in [-0.39, 0.29) is 6.47 Å². The third-order valence-corrected chi connectivity index (χ3v) is 0.144. The van der Waals surface area contributed by atoms with Crippen molar-refractivity contribution < 1.29 is 9.90 Å². The van der Waals surface area contributed by atoms with Gasteiger partial charge in [-0.3, -0.25) is 4.79 Å². The van der Waals surface area contributed by atoms with Crippen molar-refractivity contribution in [2.24, 2.45) is 5.73 Å². The summed E-state index contributed by atoms with van der Waals surface area (Å²) in [5.41, 5.74) is 4.67. The van der Waals surface area contributed by atoms with Crippen molar-refractivity contribution in [1.82, 2.24) is 0 Å². The lowest BCUT2D eigenvalue weighted by molar-refractivity contribution is -0.122. The summed E-state index contributed by atoms with van der Waals surface area (Å²) >= 11 is 0. The summed E-state index contributed by atoms with van der Waals surface area (Å²) in [4.78, 5) is 8.36. The summed E-state index contributed by atoms with van der Waals surface area (Å²) in [6, 6.07) is 2.18. The van der Waals surface area contributed by atoms with E-state index < -0.39 is 0 Å². The van der Waals surface area contributed by atoms with Crippen molar-refractivity contribution in [2.45, 2.75) is 6.92 Å². The van der Waals surface area contributed by atoms with Gasteiger partial charge in [0.1, 0.15) is 0 Å². The molecule has 7 heavy (non-hydrogen) atoms. The molecule has 0 aliphatic carbocycles. The van der Waals surface area contributed by atoms with Gasteiger partial charge in [-0.05, 0) is 6.92 Å². The van der Waals surface area contributed by atoms with E-state index in [4.69, 9.17) is 9.90 Å². The van der Waals surface area contributed by atoms with Crippen molar-refractivity contribution in [3.8, 4) is 12.0 Å². The second-order valence-electron chi connectivity index (χ2n) is 0.500. The van der Waals surface area contributed by atoms with Gasteiger partial charge in [-0.1, -0.05) is 5.92 Å². The average Bonchev–Trinajstić information content (AvgIpc) is 1.69. The molecule has 0 aromatic heterocycles. The first kappa shape index (κ1) is 9.27. The molecule has 3 nitrogen and oxygen atoms in total. The highest BCUT2D eigenvalue weighted by Crippen LogP contribution is 1.28. The van der Waals surface area contributed by atoms with Crippen LogP contribution in [0, 0.1) is 12.0 Å². The highest BCUT2D eigenvalue weighted by atomic mass is 16.3. The fraction of sp³-hybridized carbons (Fsp3) is 0.250. The van der Waals surface area contributed by atoms with Crippen LogP contribution in [0.15, 0.2) is 0 Å². The molecule has 0 aliphatic rings. The summed E-state index contributed by atoms with van der Waals surface area (Å²) in [6.45, 7) is 1.44. The number of hydrogen-bond acceptors (Lipinski definition) is 2. The maximum absolute atomic E-state index is 8.36. The molecule has 0 heterocycles. The highest BCUT2D eigenvalue weighted by molar-refractivity contribution is 5.32. The van der Waals surface area contributed by atoms with E-state index in [9.17, 15) is 0 Å². The number of hydrogen-bond donors (Lipinski definition) is 2. The van der Waals surface area contributed by atoms with Crippen LogP contribution in [0.2, 0.25) is 0 Å². The van der Waals surface area contributed by atoms with Crippen LogP contribution in [-0.2, 0) is 4.79 Å². The minimum Gasteiger partial charge on any atom is -0.483 e. The van der Waals surface area contributed by atoms with E-state index in [0.717, 1.165) is 0 Å². The minimum atomic E-state index is -0.250. The van der Waals surface area contributed by atoms with E-state index in [0.29, 0.717) is 0 Å². The van der Waals surface area contributed by atoms with Gasteiger partial charge in [-0.25, -0.2) is 0 Å². The average molecular weight is 101 g/mol. The second kappa shape index (κ2) is 21.2. The molecule has 0 bridgehead atoms. The molecule has 0 spiro atoms. The third kappa shape index (κ3) is 1340.